The van der Waals surface area contributed by atoms with Gasteiger partial charge in [-0.1, -0.05) is 0 Å². The van der Waals surface area contributed by atoms with E-state index >= 15 is 0 Å². The highest BCUT2D eigenvalue weighted by Gasteiger charge is 2.27. The first-order chi connectivity index (χ1) is 9.08. The number of furan rings is 1. The van der Waals surface area contributed by atoms with Crippen LogP contribution in [0.1, 0.15) is 38.2 Å². The molecule has 1 aromatic heterocycles. The SMILES string of the molecule is Cc1ccc(CN(C(=O)[C@H]2CCCNC2)C(C)C)o1. The standard InChI is InChI=1S/C15H24N2O2/c1-11(2)17(10-14-7-6-12(3)19-14)15(18)13-5-4-8-16-9-13/h6-7,11,13,16H,4-5,8-10H2,1-3H3/t13-/m0/s1. The average molecular weight is 264 g/mol. The molecule has 0 aromatic carbocycles. The smallest absolute Gasteiger partial charge is 0.227 e. The van der Waals surface area contributed by atoms with Gasteiger partial charge in [0.1, 0.15) is 11.5 Å². The summed E-state index contributed by atoms with van der Waals surface area (Å²) in [5, 5.41) is 3.31. The van der Waals surface area contributed by atoms with Crippen LogP contribution in [0.4, 0.5) is 0 Å². The lowest BCUT2D eigenvalue weighted by atomic mass is 9.97. The summed E-state index contributed by atoms with van der Waals surface area (Å²) in [6, 6.07) is 4.09. The topological polar surface area (TPSA) is 45.5 Å². The lowest BCUT2D eigenvalue weighted by molar-refractivity contribution is -0.138. The molecule has 19 heavy (non-hydrogen) atoms. The summed E-state index contributed by atoms with van der Waals surface area (Å²) in [7, 11) is 0. The van der Waals surface area contributed by atoms with Crippen molar-refractivity contribution in [3.8, 4) is 0 Å². The predicted octanol–water partition coefficient (Wildman–Crippen LogP) is 2.32. The fraction of sp³-hybridized carbons (Fsp3) is 0.667. The Kier molecular flexibility index (Phi) is 4.64. The Balaban J connectivity index is 2.04. The Morgan fingerprint density at radius 1 is 1.53 bits per heavy atom. The Bertz CT molecular complexity index is 420. The van der Waals surface area contributed by atoms with Gasteiger partial charge in [0.25, 0.3) is 0 Å². The molecule has 0 bridgehead atoms. The van der Waals surface area contributed by atoms with Crippen LogP contribution in [-0.2, 0) is 11.3 Å². The molecule has 1 saturated heterocycles. The molecule has 1 aromatic rings. The van der Waals surface area contributed by atoms with Gasteiger partial charge in [0.15, 0.2) is 0 Å². The first kappa shape index (κ1) is 14.1. The molecule has 0 unspecified atom stereocenters. The summed E-state index contributed by atoms with van der Waals surface area (Å²) in [5.74, 6) is 2.12. The monoisotopic (exact) mass is 264 g/mol. The van der Waals surface area contributed by atoms with Gasteiger partial charge in [-0.25, -0.2) is 0 Å². The van der Waals surface area contributed by atoms with Crippen LogP contribution >= 0.6 is 0 Å². The van der Waals surface area contributed by atoms with Crippen LogP contribution in [0, 0.1) is 12.8 Å². The second-order valence-corrected chi connectivity index (χ2v) is 5.62. The maximum atomic E-state index is 12.6. The number of amides is 1. The number of hydrogen-bond donors (Lipinski definition) is 1. The fourth-order valence-corrected chi connectivity index (χ4v) is 2.55. The number of aryl methyl sites for hydroxylation is 1. The van der Waals surface area contributed by atoms with Crippen molar-refractivity contribution in [3.05, 3.63) is 23.7 Å². The van der Waals surface area contributed by atoms with Gasteiger partial charge in [0.05, 0.1) is 12.5 Å². The minimum Gasteiger partial charge on any atom is -0.464 e. The Labute approximate surface area is 115 Å². The summed E-state index contributed by atoms with van der Waals surface area (Å²) in [6.45, 7) is 8.45. The van der Waals surface area contributed by atoms with Gasteiger partial charge in [-0.05, 0) is 52.3 Å². The second kappa shape index (κ2) is 6.24. The number of rotatable bonds is 4. The molecule has 2 rings (SSSR count). The molecule has 0 radical (unpaired) electrons. The summed E-state index contributed by atoms with van der Waals surface area (Å²) in [4.78, 5) is 14.5. The second-order valence-electron chi connectivity index (χ2n) is 5.62. The maximum Gasteiger partial charge on any atom is 0.227 e. The number of carbonyl (C=O) groups is 1. The fourth-order valence-electron chi connectivity index (χ4n) is 2.55. The molecule has 4 heteroatoms. The summed E-state index contributed by atoms with van der Waals surface area (Å²) in [6.07, 6.45) is 2.08. The molecule has 1 amide bonds. The lowest BCUT2D eigenvalue weighted by Crippen LogP contribution is -2.45. The van der Waals surface area contributed by atoms with Crippen molar-refractivity contribution >= 4 is 5.91 Å². The van der Waals surface area contributed by atoms with Crippen LogP contribution in [0.25, 0.3) is 0 Å². The molecule has 1 atom stereocenters. The molecule has 1 N–H and O–H groups in total. The molecule has 2 heterocycles. The Morgan fingerprint density at radius 3 is 2.84 bits per heavy atom. The molecule has 4 nitrogen and oxygen atoms in total. The van der Waals surface area contributed by atoms with E-state index in [1.807, 2.05) is 24.0 Å². The largest absolute Gasteiger partial charge is 0.464 e. The van der Waals surface area contributed by atoms with Gasteiger partial charge in [0.2, 0.25) is 5.91 Å². The molecule has 1 aliphatic heterocycles. The van der Waals surface area contributed by atoms with Gasteiger partial charge in [-0.15, -0.1) is 0 Å². The van der Waals surface area contributed by atoms with Crippen LogP contribution in [0.5, 0.6) is 0 Å². The number of piperidine rings is 1. The highest BCUT2D eigenvalue weighted by atomic mass is 16.3. The molecule has 106 valence electrons. The molecular weight excluding hydrogens is 240 g/mol. The first-order valence-corrected chi connectivity index (χ1v) is 7.14. The minimum atomic E-state index is 0.118. The molecule has 1 fully saturated rings. The zero-order chi connectivity index (χ0) is 13.8. The van der Waals surface area contributed by atoms with Crippen LogP contribution in [0.15, 0.2) is 16.5 Å². The van der Waals surface area contributed by atoms with Gasteiger partial charge in [-0.2, -0.15) is 0 Å². The van der Waals surface area contributed by atoms with Crippen LogP contribution in [0.2, 0.25) is 0 Å². The average Bonchev–Trinajstić information content (AvgIpc) is 2.81. The van der Waals surface area contributed by atoms with E-state index in [2.05, 4.69) is 19.2 Å². The number of hydrogen-bond acceptors (Lipinski definition) is 3. The van der Waals surface area contributed by atoms with E-state index in [1.54, 1.807) is 0 Å². The third-order valence-corrected chi connectivity index (χ3v) is 3.67. The van der Waals surface area contributed by atoms with Crippen molar-refractivity contribution in [1.82, 2.24) is 10.2 Å². The van der Waals surface area contributed by atoms with Gasteiger partial charge in [-0.3, -0.25) is 4.79 Å². The van der Waals surface area contributed by atoms with Crippen molar-refractivity contribution in [1.29, 1.82) is 0 Å². The lowest BCUT2D eigenvalue weighted by Gasteiger charge is -2.32. The minimum absolute atomic E-state index is 0.118. The van der Waals surface area contributed by atoms with E-state index < -0.39 is 0 Å². The molecule has 0 aliphatic carbocycles. The van der Waals surface area contributed by atoms with Crippen LogP contribution in [0.3, 0.4) is 0 Å². The summed E-state index contributed by atoms with van der Waals surface area (Å²) < 4.78 is 5.59. The van der Waals surface area contributed by atoms with E-state index in [9.17, 15) is 4.79 Å². The van der Waals surface area contributed by atoms with Crippen molar-refractivity contribution in [2.24, 2.45) is 5.92 Å². The first-order valence-electron chi connectivity index (χ1n) is 7.14. The summed E-state index contributed by atoms with van der Waals surface area (Å²) >= 11 is 0. The molecule has 0 saturated carbocycles. The molecule has 1 aliphatic rings. The van der Waals surface area contributed by atoms with Crippen LogP contribution in [-0.4, -0.2) is 29.9 Å². The molecule has 0 spiro atoms. The predicted molar refractivity (Wildman–Crippen MR) is 74.7 cm³/mol. The number of nitrogens with one attached hydrogen (secondary N) is 1. The molecular formula is C15H24N2O2. The van der Waals surface area contributed by atoms with Gasteiger partial charge in [0, 0.05) is 12.6 Å². The highest BCUT2D eigenvalue weighted by molar-refractivity contribution is 5.79. The third-order valence-electron chi connectivity index (χ3n) is 3.67. The summed E-state index contributed by atoms with van der Waals surface area (Å²) in [5.41, 5.74) is 0. The zero-order valence-electron chi connectivity index (χ0n) is 12.1. The number of carbonyl (C=O) groups excluding carboxylic acids is 1. The third kappa shape index (κ3) is 3.60. The van der Waals surface area contributed by atoms with E-state index in [4.69, 9.17) is 4.42 Å². The Morgan fingerprint density at radius 2 is 2.32 bits per heavy atom. The maximum absolute atomic E-state index is 12.6. The van der Waals surface area contributed by atoms with E-state index in [0.29, 0.717) is 6.54 Å². The zero-order valence-corrected chi connectivity index (χ0v) is 12.1. The Hall–Kier alpha value is -1.29. The highest BCUT2D eigenvalue weighted by Crippen LogP contribution is 2.18. The van der Waals surface area contributed by atoms with Gasteiger partial charge < -0.3 is 14.6 Å². The van der Waals surface area contributed by atoms with Crippen molar-refractivity contribution < 1.29 is 9.21 Å². The van der Waals surface area contributed by atoms with Crippen LogP contribution < -0.4 is 5.32 Å². The van der Waals surface area contributed by atoms with Crippen molar-refractivity contribution in [2.75, 3.05) is 13.1 Å². The number of nitrogens with zero attached hydrogens (tertiary/aromatic N) is 1. The normalized spacial score (nSPS) is 19.7. The van der Waals surface area contributed by atoms with E-state index in [1.165, 1.54) is 0 Å². The quantitative estimate of drug-likeness (QED) is 0.907. The van der Waals surface area contributed by atoms with Crippen molar-refractivity contribution in [3.63, 3.8) is 0 Å². The van der Waals surface area contributed by atoms with Crippen molar-refractivity contribution in [2.45, 2.75) is 46.2 Å². The van der Waals surface area contributed by atoms with Gasteiger partial charge >= 0.3 is 0 Å². The van der Waals surface area contributed by atoms with E-state index in [-0.39, 0.29) is 17.9 Å². The van der Waals surface area contributed by atoms with E-state index in [0.717, 1.165) is 37.5 Å².